The van der Waals surface area contributed by atoms with Crippen molar-refractivity contribution >= 4 is 46.7 Å². The second-order valence-corrected chi connectivity index (χ2v) is 8.61. The number of nitrogens with zero attached hydrogens (tertiary/aromatic N) is 7. The Morgan fingerprint density at radius 2 is 1.71 bits per heavy atom. The standard InChI is InChI=1S/C26H28N8O4/c1-18(15-35)29-21(36)14-33-17-27-22-23(28-16-32(2)3)30-25(31-24(22)33)38-26(37)34(19-10-6-4-7-11-19)20-12-8-5-9-13-20/h4-13,16-18,35H,14-15H2,1-3H3,(H,29,36)/t18-/m0/s1. The maximum Gasteiger partial charge on any atom is 0.426 e. The second-order valence-electron chi connectivity index (χ2n) is 8.61. The molecule has 2 amide bonds. The molecule has 0 bridgehead atoms. The van der Waals surface area contributed by atoms with Crippen molar-refractivity contribution in [3.63, 3.8) is 0 Å². The zero-order valence-corrected chi connectivity index (χ0v) is 21.2. The molecule has 0 radical (unpaired) electrons. The van der Waals surface area contributed by atoms with E-state index in [0.29, 0.717) is 16.9 Å². The van der Waals surface area contributed by atoms with Crippen LogP contribution in [0.3, 0.4) is 0 Å². The quantitative estimate of drug-likeness (QED) is 0.256. The van der Waals surface area contributed by atoms with Crippen LogP contribution in [0.2, 0.25) is 0 Å². The number of fused-ring (bicyclic) bond motifs is 1. The van der Waals surface area contributed by atoms with Crippen molar-refractivity contribution in [2.24, 2.45) is 4.99 Å². The number of amides is 2. The summed E-state index contributed by atoms with van der Waals surface area (Å²) in [5, 5.41) is 11.9. The van der Waals surface area contributed by atoms with Gasteiger partial charge in [0.2, 0.25) is 5.91 Å². The lowest BCUT2D eigenvalue weighted by atomic mass is 10.2. The SMILES string of the molecule is C[C@@H](CO)NC(=O)Cn1cnc2c(N=CN(C)C)nc(OC(=O)N(c3ccccc3)c3ccccc3)nc21. The fourth-order valence-electron chi connectivity index (χ4n) is 3.49. The van der Waals surface area contributed by atoms with Gasteiger partial charge in [-0.05, 0) is 31.2 Å². The van der Waals surface area contributed by atoms with Gasteiger partial charge in [0.15, 0.2) is 17.0 Å². The molecule has 0 saturated heterocycles. The van der Waals surface area contributed by atoms with Crippen molar-refractivity contribution in [3.05, 3.63) is 67.0 Å². The van der Waals surface area contributed by atoms with Crippen LogP contribution >= 0.6 is 0 Å². The molecule has 2 aromatic heterocycles. The first kappa shape index (κ1) is 26.2. The van der Waals surface area contributed by atoms with Crippen molar-refractivity contribution in [2.75, 3.05) is 25.6 Å². The molecule has 4 rings (SSSR count). The molecule has 0 saturated carbocycles. The molecule has 1 atom stereocenters. The Morgan fingerprint density at radius 1 is 1.08 bits per heavy atom. The predicted octanol–water partition coefficient (Wildman–Crippen LogP) is 2.88. The Morgan fingerprint density at radius 3 is 2.29 bits per heavy atom. The van der Waals surface area contributed by atoms with Crippen LogP contribution in [0.25, 0.3) is 11.2 Å². The molecule has 0 aliphatic carbocycles. The van der Waals surface area contributed by atoms with E-state index in [2.05, 4.69) is 25.3 Å². The molecule has 0 spiro atoms. The average Bonchev–Trinajstić information content (AvgIpc) is 3.30. The smallest absolute Gasteiger partial charge is 0.394 e. The second kappa shape index (κ2) is 11.9. The molecular weight excluding hydrogens is 488 g/mol. The van der Waals surface area contributed by atoms with E-state index in [-0.39, 0.29) is 36.5 Å². The van der Waals surface area contributed by atoms with Gasteiger partial charge in [0, 0.05) is 20.1 Å². The number of hydrogen-bond donors (Lipinski definition) is 2. The molecule has 196 valence electrons. The van der Waals surface area contributed by atoms with Gasteiger partial charge in [0.25, 0.3) is 0 Å². The van der Waals surface area contributed by atoms with Gasteiger partial charge < -0.3 is 24.6 Å². The number of aromatic nitrogens is 4. The highest BCUT2D eigenvalue weighted by atomic mass is 16.6. The highest BCUT2D eigenvalue weighted by Crippen LogP contribution is 2.28. The molecule has 4 aromatic rings. The molecule has 38 heavy (non-hydrogen) atoms. The Bertz CT molecular complexity index is 1380. The molecular formula is C26H28N8O4. The maximum absolute atomic E-state index is 13.4. The number of carbonyl (C=O) groups is 2. The van der Waals surface area contributed by atoms with Crippen molar-refractivity contribution in [3.8, 4) is 6.01 Å². The fraction of sp³-hybridized carbons (Fsp3) is 0.231. The van der Waals surface area contributed by atoms with Crippen molar-refractivity contribution in [2.45, 2.75) is 19.5 Å². The Kier molecular flexibility index (Phi) is 8.23. The van der Waals surface area contributed by atoms with Crippen LogP contribution in [0.5, 0.6) is 6.01 Å². The minimum Gasteiger partial charge on any atom is -0.394 e. The molecule has 2 aromatic carbocycles. The number of benzene rings is 2. The third-order valence-electron chi connectivity index (χ3n) is 5.22. The van der Waals surface area contributed by atoms with E-state index in [9.17, 15) is 14.7 Å². The first-order valence-corrected chi connectivity index (χ1v) is 11.8. The summed E-state index contributed by atoms with van der Waals surface area (Å²) < 4.78 is 7.15. The van der Waals surface area contributed by atoms with E-state index in [0.717, 1.165) is 0 Å². The highest BCUT2D eigenvalue weighted by molar-refractivity contribution is 5.97. The number of aliphatic hydroxyl groups excluding tert-OH is 1. The molecule has 0 fully saturated rings. The third kappa shape index (κ3) is 6.28. The van der Waals surface area contributed by atoms with Crippen molar-refractivity contribution < 1.29 is 19.4 Å². The van der Waals surface area contributed by atoms with Crippen LogP contribution < -0.4 is 15.0 Å². The van der Waals surface area contributed by atoms with Crippen LogP contribution in [0, 0.1) is 0 Å². The monoisotopic (exact) mass is 516 g/mol. The van der Waals surface area contributed by atoms with Crippen LogP contribution in [0.15, 0.2) is 72.0 Å². The summed E-state index contributed by atoms with van der Waals surface area (Å²) in [6.07, 6.45) is 2.23. The molecule has 0 aliphatic rings. The van der Waals surface area contributed by atoms with Gasteiger partial charge in [0.05, 0.1) is 30.6 Å². The number of aliphatic imine (C=N–C) groups is 1. The molecule has 0 unspecified atom stereocenters. The lowest BCUT2D eigenvalue weighted by Gasteiger charge is -2.21. The summed E-state index contributed by atoms with van der Waals surface area (Å²) >= 11 is 0. The number of anilines is 2. The van der Waals surface area contributed by atoms with Crippen molar-refractivity contribution in [1.29, 1.82) is 0 Å². The Balaban J connectivity index is 1.71. The summed E-state index contributed by atoms with van der Waals surface area (Å²) in [6.45, 7) is 1.37. The van der Waals surface area contributed by atoms with Gasteiger partial charge in [-0.25, -0.2) is 19.7 Å². The van der Waals surface area contributed by atoms with Crippen LogP contribution in [0.1, 0.15) is 6.92 Å². The van der Waals surface area contributed by atoms with Gasteiger partial charge >= 0.3 is 12.1 Å². The van der Waals surface area contributed by atoms with E-state index >= 15 is 0 Å². The van der Waals surface area contributed by atoms with E-state index in [1.54, 1.807) is 50.2 Å². The molecule has 2 N–H and O–H groups in total. The van der Waals surface area contributed by atoms with E-state index in [1.165, 1.54) is 22.1 Å². The van der Waals surface area contributed by atoms with Gasteiger partial charge in [-0.15, -0.1) is 0 Å². The minimum absolute atomic E-state index is 0.123. The number of aliphatic hydroxyl groups is 1. The highest BCUT2D eigenvalue weighted by Gasteiger charge is 2.23. The predicted molar refractivity (Wildman–Crippen MR) is 143 cm³/mol. The van der Waals surface area contributed by atoms with Gasteiger partial charge in [-0.1, -0.05) is 36.4 Å². The number of imidazole rings is 1. The lowest BCUT2D eigenvalue weighted by Crippen LogP contribution is -2.37. The van der Waals surface area contributed by atoms with E-state index in [4.69, 9.17) is 4.74 Å². The van der Waals surface area contributed by atoms with Crippen LogP contribution in [-0.4, -0.2) is 74.6 Å². The summed E-state index contributed by atoms with van der Waals surface area (Å²) in [7, 11) is 3.59. The van der Waals surface area contributed by atoms with Gasteiger partial charge in [-0.2, -0.15) is 9.97 Å². The fourth-order valence-corrected chi connectivity index (χ4v) is 3.49. The van der Waals surface area contributed by atoms with Crippen LogP contribution in [0.4, 0.5) is 22.0 Å². The normalized spacial score (nSPS) is 11.9. The first-order valence-electron chi connectivity index (χ1n) is 11.8. The zero-order chi connectivity index (χ0) is 27.1. The molecule has 0 aliphatic heterocycles. The summed E-state index contributed by atoms with van der Waals surface area (Å²) in [4.78, 5) is 46.4. The van der Waals surface area contributed by atoms with Crippen LogP contribution in [-0.2, 0) is 11.3 Å². The summed E-state index contributed by atoms with van der Waals surface area (Å²) in [5.41, 5.74) is 1.77. The zero-order valence-electron chi connectivity index (χ0n) is 21.2. The van der Waals surface area contributed by atoms with E-state index in [1.807, 2.05) is 36.4 Å². The molecule has 2 heterocycles. The Labute approximate surface area is 219 Å². The number of hydrogen-bond acceptors (Lipinski definition) is 8. The third-order valence-corrected chi connectivity index (χ3v) is 5.22. The first-order chi connectivity index (χ1) is 18.4. The topological polar surface area (TPSA) is 138 Å². The number of carbonyl (C=O) groups excluding carboxylic acids is 2. The number of para-hydroxylation sites is 2. The largest absolute Gasteiger partial charge is 0.426 e. The summed E-state index contributed by atoms with van der Waals surface area (Å²) in [6, 6.07) is 17.4. The number of nitrogens with one attached hydrogen (secondary N) is 1. The average molecular weight is 517 g/mol. The maximum atomic E-state index is 13.4. The number of rotatable bonds is 9. The van der Waals surface area contributed by atoms with Crippen molar-refractivity contribution in [1.82, 2.24) is 29.7 Å². The lowest BCUT2D eigenvalue weighted by molar-refractivity contribution is -0.122. The number of ether oxygens (including phenoxy) is 1. The molecule has 12 nitrogen and oxygen atoms in total. The minimum atomic E-state index is -0.732. The Hall–Kier alpha value is -4.84. The van der Waals surface area contributed by atoms with Gasteiger partial charge in [-0.3, -0.25) is 4.79 Å². The van der Waals surface area contributed by atoms with Gasteiger partial charge in [0.1, 0.15) is 6.54 Å². The van der Waals surface area contributed by atoms with E-state index < -0.39 is 12.1 Å². The molecule has 12 heteroatoms. The summed E-state index contributed by atoms with van der Waals surface area (Å²) in [5.74, 6) is -0.180.